The van der Waals surface area contributed by atoms with Crippen molar-refractivity contribution in [3.05, 3.63) is 59.7 Å². The number of nitrogens with one attached hydrogen (secondary N) is 1. The number of hydrogen-bond acceptors (Lipinski definition) is 4. The molecule has 0 bridgehead atoms. The summed E-state index contributed by atoms with van der Waals surface area (Å²) in [7, 11) is 0. The van der Waals surface area contributed by atoms with Crippen molar-refractivity contribution in [1.29, 1.82) is 0 Å². The summed E-state index contributed by atoms with van der Waals surface area (Å²) in [6.45, 7) is 8.11. The summed E-state index contributed by atoms with van der Waals surface area (Å²) >= 11 is 5.36. The number of nitrogens with two attached hydrogens (primary N) is 1. The van der Waals surface area contributed by atoms with Gasteiger partial charge in [0.05, 0.1) is 10.5 Å². The summed E-state index contributed by atoms with van der Waals surface area (Å²) in [5, 5.41) is 2.98. The Balaban J connectivity index is 1.46. The maximum atomic E-state index is 12.4. The summed E-state index contributed by atoms with van der Waals surface area (Å²) < 4.78 is 5.45. The first-order valence-corrected chi connectivity index (χ1v) is 11.3. The molecule has 164 valence electrons. The van der Waals surface area contributed by atoms with Gasteiger partial charge in [-0.2, -0.15) is 0 Å². The smallest absolute Gasteiger partial charge is 0.408 e. The van der Waals surface area contributed by atoms with Gasteiger partial charge in [-0.25, -0.2) is 4.79 Å². The quantitative estimate of drug-likeness (QED) is 0.692. The Morgan fingerprint density at radius 3 is 2.10 bits per heavy atom. The minimum Gasteiger partial charge on any atom is -0.444 e. The van der Waals surface area contributed by atoms with E-state index in [2.05, 4.69) is 58.7 Å². The maximum Gasteiger partial charge on any atom is 0.408 e. The van der Waals surface area contributed by atoms with Crippen LogP contribution in [0.15, 0.2) is 48.5 Å². The van der Waals surface area contributed by atoms with Crippen LogP contribution in [0, 0.1) is 0 Å². The summed E-state index contributed by atoms with van der Waals surface area (Å²) in [4.78, 5) is 15.2. The molecule has 0 atom stereocenters. The molecule has 5 nitrogen and oxygen atoms in total. The van der Waals surface area contributed by atoms with Crippen molar-refractivity contribution in [2.45, 2.75) is 50.7 Å². The number of thiocarbonyl (C=S) groups is 1. The highest BCUT2D eigenvalue weighted by molar-refractivity contribution is 7.80. The first-order valence-electron chi connectivity index (χ1n) is 10.9. The van der Waals surface area contributed by atoms with Gasteiger partial charge in [0.15, 0.2) is 0 Å². The average molecular weight is 438 g/mol. The van der Waals surface area contributed by atoms with Crippen LogP contribution < -0.4 is 11.1 Å². The predicted molar refractivity (Wildman–Crippen MR) is 128 cm³/mol. The van der Waals surface area contributed by atoms with Crippen LogP contribution in [-0.4, -0.2) is 46.8 Å². The molecule has 1 aliphatic carbocycles. The van der Waals surface area contributed by atoms with E-state index in [1.807, 2.05) is 20.8 Å². The minimum absolute atomic E-state index is 0.328. The van der Waals surface area contributed by atoms with Crippen molar-refractivity contribution in [1.82, 2.24) is 10.2 Å². The van der Waals surface area contributed by atoms with Gasteiger partial charge in [0.1, 0.15) is 5.60 Å². The molecular formula is C25H31N3O2S. The average Bonchev–Trinajstić information content (AvgIpc) is 3.02. The zero-order valence-corrected chi connectivity index (χ0v) is 19.3. The summed E-state index contributed by atoms with van der Waals surface area (Å²) in [5.41, 5.74) is 10.3. The van der Waals surface area contributed by atoms with E-state index >= 15 is 0 Å². The fourth-order valence-corrected chi connectivity index (χ4v) is 5.02. The summed E-state index contributed by atoms with van der Waals surface area (Å²) in [6, 6.07) is 17.4. The zero-order valence-electron chi connectivity index (χ0n) is 18.5. The number of benzene rings is 2. The molecular weight excluding hydrogens is 406 g/mol. The lowest BCUT2D eigenvalue weighted by atomic mass is 9.86. The molecule has 2 aliphatic rings. The molecule has 1 aliphatic heterocycles. The molecule has 31 heavy (non-hydrogen) atoms. The molecule has 1 heterocycles. The van der Waals surface area contributed by atoms with Gasteiger partial charge in [0.25, 0.3) is 0 Å². The van der Waals surface area contributed by atoms with Crippen molar-refractivity contribution >= 4 is 23.3 Å². The maximum absolute atomic E-state index is 12.4. The Bertz CT molecular complexity index is 945. The number of carbonyl (C=O) groups excluding carboxylic acids is 1. The van der Waals surface area contributed by atoms with Gasteiger partial charge in [-0.3, -0.25) is 0 Å². The third-order valence-corrected chi connectivity index (χ3v) is 6.72. The van der Waals surface area contributed by atoms with Crippen LogP contribution in [0.2, 0.25) is 0 Å². The number of alkyl carbamates (subject to hydrolysis) is 1. The van der Waals surface area contributed by atoms with E-state index < -0.39 is 17.2 Å². The molecule has 0 saturated carbocycles. The van der Waals surface area contributed by atoms with E-state index in [0.29, 0.717) is 23.7 Å². The highest BCUT2D eigenvalue weighted by atomic mass is 32.1. The largest absolute Gasteiger partial charge is 0.444 e. The first-order chi connectivity index (χ1) is 14.7. The van der Waals surface area contributed by atoms with E-state index in [4.69, 9.17) is 22.7 Å². The van der Waals surface area contributed by atoms with E-state index in [1.54, 1.807) is 0 Å². The zero-order chi connectivity index (χ0) is 22.2. The number of carbonyl (C=O) groups is 1. The fraction of sp³-hybridized carbons (Fsp3) is 0.440. The SMILES string of the molecule is CC(C)(C)OC(=O)NC1(C(N)=S)CCN(CC2c3ccccc3-c3ccccc32)CC1. The lowest BCUT2D eigenvalue weighted by Gasteiger charge is -2.42. The van der Waals surface area contributed by atoms with Crippen LogP contribution in [0.3, 0.4) is 0 Å². The van der Waals surface area contributed by atoms with Crippen LogP contribution in [-0.2, 0) is 4.74 Å². The normalized spacial score (nSPS) is 18.2. The Labute approximate surface area is 190 Å². The number of rotatable bonds is 4. The highest BCUT2D eigenvalue weighted by Crippen LogP contribution is 2.45. The van der Waals surface area contributed by atoms with Crippen molar-refractivity contribution < 1.29 is 9.53 Å². The van der Waals surface area contributed by atoms with Crippen molar-refractivity contribution in [2.24, 2.45) is 5.73 Å². The van der Waals surface area contributed by atoms with Gasteiger partial charge in [0.2, 0.25) is 0 Å². The van der Waals surface area contributed by atoms with Crippen molar-refractivity contribution in [3.63, 3.8) is 0 Å². The second kappa shape index (κ2) is 8.24. The van der Waals surface area contributed by atoms with E-state index in [0.717, 1.165) is 19.6 Å². The number of nitrogens with zero attached hydrogens (tertiary/aromatic N) is 1. The number of piperidine rings is 1. The molecule has 1 fully saturated rings. The van der Waals surface area contributed by atoms with Crippen molar-refractivity contribution in [2.75, 3.05) is 19.6 Å². The molecule has 1 amide bonds. The molecule has 1 saturated heterocycles. The molecule has 2 aromatic rings. The first kappa shape index (κ1) is 21.8. The van der Waals surface area contributed by atoms with E-state index in [9.17, 15) is 4.79 Å². The number of amides is 1. The van der Waals surface area contributed by atoms with Gasteiger partial charge in [0, 0.05) is 25.6 Å². The Morgan fingerprint density at radius 2 is 1.61 bits per heavy atom. The van der Waals surface area contributed by atoms with Crippen LogP contribution >= 0.6 is 12.2 Å². The van der Waals surface area contributed by atoms with E-state index in [1.165, 1.54) is 22.3 Å². The second-order valence-corrected chi connectivity index (χ2v) is 10.0. The van der Waals surface area contributed by atoms with Gasteiger partial charge in [-0.1, -0.05) is 60.7 Å². The molecule has 2 aromatic carbocycles. The lowest BCUT2D eigenvalue weighted by Crippen LogP contribution is -2.62. The van der Waals surface area contributed by atoms with Gasteiger partial charge >= 0.3 is 6.09 Å². The van der Waals surface area contributed by atoms with Gasteiger partial charge in [-0.15, -0.1) is 0 Å². The van der Waals surface area contributed by atoms with Crippen molar-refractivity contribution in [3.8, 4) is 11.1 Å². The summed E-state index contributed by atoms with van der Waals surface area (Å²) in [5.74, 6) is 0.351. The third kappa shape index (κ3) is 4.46. The number of fused-ring (bicyclic) bond motifs is 3. The summed E-state index contributed by atoms with van der Waals surface area (Å²) in [6.07, 6.45) is 0.891. The highest BCUT2D eigenvalue weighted by Gasteiger charge is 2.41. The monoisotopic (exact) mass is 437 g/mol. The molecule has 6 heteroatoms. The third-order valence-electron chi connectivity index (χ3n) is 6.32. The molecule has 0 spiro atoms. The Morgan fingerprint density at radius 1 is 1.10 bits per heavy atom. The van der Waals surface area contributed by atoms with E-state index in [-0.39, 0.29) is 0 Å². The number of ether oxygens (including phenoxy) is 1. The molecule has 0 radical (unpaired) electrons. The molecule has 3 N–H and O–H groups in total. The fourth-order valence-electron chi connectivity index (χ4n) is 4.76. The lowest BCUT2D eigenvalue weighted by molar-refractivity contribution is 0.0446. The van der Waals surface area contributed by atoms with Crippen LogP contribution in [0.25, 0.3) is 11.1 Å². The van der Waals surface area contributed by atoms with Crippen LogP contribution in [0.1, 0.15) is 50.7 Å². The second-order valence-electron chi connectivity index (χ2n) is 9.60. The predicted octanol–water partition coefficient (Wildman–Crippen LogP) is 4.44. The topological polar surface area (TPSA) is 67.6 Å². The minimum atomic E-state index is -0.695. The Hall–Kier alpha value is -2.44. The molecule has 0 aromatic heterocycles. The van der Waals surface area contributed by atoms with Gasteiger partial charge in [-0.05, 0) is 55.9 Å². The number of hydrogen-bond donors (Lipinski definition) is 2. The van der Waals surface area contributed by atoms with Gasteiger partial charge < -0.3 is 20.7 Å². The number of likely N-dealkylation sites (tertiary alicyclic amines) is 1. The molecule has 4 rings (SSSR count). The van der Waals surface area contributed by atoms with Crippen LogP contribution in [0.4, 0.5) is 4.79 Å². The Kier molecular flexibility index (Phi) is 5.79. The standard InChI is InChI=1S/C25H31N3O2S/c1-24(2,3)30-23(29)27-25(22(26)31)12-14-28(15-13-25)16-21-19-10-6-4-8-17(19)18-9-5-7-11-20(18)21/h4-11,21H,12-16H2,1-3H3,(H2,26,31)(H,27,29). The molecule has 0 unspecified atom stereocenters. The van der Waals surface area contributed by atoms with Crippen LogP contribution in [0.5, 0.6) is 0 Å².